The molecule has 7 nitrogen and oxygen atoms in total. The van der Waals surface area contributed by atoms with Crippen molar-refractivity contribution in [2.24, 2.45) is 0 Å². The van der Waals surface area contributed by atoms with Gasteiger partial charge in [-0.1, -0.05) is 19.1 Å². The van der Waals surface area contributed by atoms with E-state index in [1.807, 2.05) is 25.1 Å². The first-order chi connectivity index (χ1) is 13.0. The maximum atomic E-state index is 13.1. The van der Waals surface area contributed by atoms with Crippen molar-refractivity contribution in [1.82, 2.24) is 4.90 Å². The highest BCUT2D eigenvalue weighted by atomic mass is 31.2. The third-order valence-electron chi connectivity index (χ3n) is 4.09. The average molecular weight is 399 g/mol. The lowest BCUT2D eigenvalue weighted by atomic mass is 10.2. The van der Waals surface area contributed by atoms with E-state index in [0.717, 1.165) is 38.4 Å². The van der Waals surface area contributed by atoms with E-state index in [0.29, 0.717) is 12.2 Å². The summed E-state index contributed by atoms with van der Waals surface area (Å²) < 4.78 is 34.7. The van der Waals surface area contributed by atoms with Crippen molar-refractivity contribution in [3.8, 4) is 5.75 Å². The van der Waals surface area contributed by atoms with Crippen LogP contribution in [0, 0.1) is 0 Å². The molecule has 1 aliphatic heterocycles. The van der Waals surface area contributed by atoms with E-state index in [-0.39, 0.29) is 12.8 Å². The van der Waals surface area contributed by atoms with Crippen molar-refractivity contribution in [1.29, 1.82) is 0 Å². The van der Waals surface area contributed by atoms with E-state index in [9.17, 15) is 9.36 Å². The molecule has 1 aromatic rings. The quantitative estimate of drug-likeness (QED) is 0.441. The zero-order valence-corrected chi connectivity index (χ0v) is 17.3. The summed E-state index contributed by atoms with van der Waals surface area (Å²) in [5.74, 6) is -0.0629. The molecule has 8 heteroatoms. The lowest BCUT2D eigenvalue weighted by molar-refractivity contribution is -0.150. The standard InChI is InChI=1S/C19H30NO6P/c1-4-13-27(22,25-16(3)19(21)24-5-2)26-18-8-6-7-17(14-18)15-20-9-11-23-12-10-20/h6-8,14,16H,4-5,9-13,15H2,1-3H3. The molecule has 0 amide bonds. The molecule has 1 heterocycles. The number of morpholine rings is 1. The van der Waals surface area contributed by atoms with Gasteiger partial charge in [0, 0.05) is 19.6 Å². The molecule has 0 N–H and O–H groups in total. The third-order valence-corrected chi connectivity index (χ3v) is 6.21. The Balaban J connectivity index is 2.04. The van der Waals surface area contributed by atoms with E-state index in [1.165, 1.54) is 6.92 Å². The van der Waals surface area contributed by atoms with Crippen molar-refractivity contribution < 1.29 is 27.9 Å². The predicted molar refractivity (Wildman–Crippen MR) is 103 cm³/mol. The van der Waals surface area contributed by atoms with E-state index in [4.69, 9.17) is 18.5 Å². The molecule has 0 aromatic heterocycles. The summed E-state index contributed by atoms with van der Waals surface area (Å²) in [5, 5.41) is 0. The molecule has 0 spiro atoms. The van der Waals surface area contributed by atoms with E-state index >= 15 is 0 Å². The van der Waals surface area contributed by atoms with Crippen molar-refractivity contribution in [3.63, 3.8) is 0 Å². The Kier molecular flexibility index (Phi) is 8.77. The molecule has 0 aliphatic carbocycles. The molecule has 0 radical (unpaired) electrons. The number of nitrogens with zero attached hydrogens (tertiary/aromatic N) is 1. The van der Waals surface area contributed by atoms with Gasteiger partial charge in [0.1, 0.15) is 5.75 Å². The van der Waals surface area contributed by atoms with Gasteiger partial charge in [-0.25, -0.2) is 9.36 Å². The Morgan fingerprint density at radius 3 is 2.70 bits per heavy atom. The first-order valence-corrected chi connectivity index (χ1v) is 11.2. The number of esters is 1. The highest BCUT2D eigenvalue weighted by molar-refractivity contribution is 7.54. The van der Waals surface area contributed by atoms with Crippen molar-refractivity contribution in [3.05, 3.63) is 29.8 Å². The van der Waals surface area contributed by atoms with Crippen molar-refractivity contribution >= 4 is 13.6 Å². The topological polar surface area (TPSA) is 74.3 Å². The minimum Gasteiger partial charge on any atom is -0.464 e. The Morgan fingerprint density at radius 2 is 2.04 bits per heavy atom. The van der Waals surface area contributed by atoms with Crippen LogP contribution in [0.25, 0.3) is 0 Å². The molecule has 27 heavy (non-hydrogen) atoms. The number of carbonyl (C=O) groups excluding carboxylic acids is 1. The van der Waals surface area contributed by atoms with Crippen LogP contribution in [-0.2, 0) is 29.9 Å². The lowest BCUT2D eigenvalue weighted by Gasteiger charge is -2.27. The van der Waals surface area contributed by atoms with Crippen molar-refractivity contribution in [2.45, 2.75) is 39.8 Å². The fraction of sp³-hybridized carbons (Fsp3) is 0.632. The highest BCUT2D eigenvalue weighted by Crippen LogP contribution is 2.50. The molecule has 1 aliphatic rings. The van der Waals surface area contributed by atoms with Gasteiger partial charge in [0.05, 0.1) is 26.0 Å². The number of carbonyl (C=O) groups is 1. The summed E-state index contributed by atoms with van der Waals surface area (Å²) in [5.41, 5.74) is 1.07. The molecule has 0 saturated carbocycles. The fourth-order valence-electron chi connectivity index (χ4n) is 2.82. The molecular weight excluding hydrogens is 369 g/mol. The number of benzene rings is 1. The van der Waals surface area contributed by atoms with Crippen LogP contribution in [0.2, 0.25) is 0 Å². The zero-order valence-electron chi connectivity index (χ0n) is 16.4. The Bertz CT molecular complexity index is 647. The average Bonchev–Trinajstić information content (AvgIpc) is 2.63. The van der Waals surface area contributed by atoms with Gasteiger partial charge < -0.3 is 14.0 Å². The van der Waals surface area contributed by atoms with Crippen LogP contribution in [0.1, 0.15) is 32.8 Å². The summed E-state index contributed by atoms with van der Waals surface area (Å²) in [7, 11) is -3.47. The Labute approximate surface area is 161 Å². The van der Waals surface area contributed by atoms with Crippen LogP contribution >= 0.6 is 7.60 Å². The smallest absolute Gasteiger partial charge is 0.379 e. The van der Waals surface area contributed by atoms with Crippen LogP contribution in [0.15, 0.2) is 24.3 Å². The van der Waals surface area contributed by atoms with Crippen LogP contribution in [0.5, 0.6) is 5.75 Å². The summed E-state index contributed by atoms with van der Waals surface area (Å²) in [6.45, 7) is 9.41. The van der Waals surface area contributed by atoms with E-state index in [2.05, 4.69) is 4.90 Å². The predicted octanol–water partition coefficient (Wildman–Crippen LogP) is 3.47. The van der Waals surface area contributed by atoms with Gasteiger partial charge in [-0.15, -0.1) is 0 Å². The number of hydrogen-bond donors (Lipinski definition) is 0. The van der Waals surface area contributed by atoms with Gasteiger partial charge in [0.25, 0.3) is 0 Å². The molecule has 1 aromatic carbocycles. The summed E-state index contributed by atoms with van der Waals surface area (Å²) in [4.78, 5) is 14.1. The lowest BCUT2D eigenvalue weighted by Crippen LogP contribution is -2.35. The number of hydrogen-bond acceptors (Lipinski definition) is 7. The van der Waals surface area contributed by atoms with E-state index < -0.39 is 19.7 Å². The number of rotatable bonds is 10. The molecular formula is C19H30NO6P. The summed E-state index contributed by atoms with van der Waals surface area (Å²) >= 11 is 0. The minimum absolute atomic E-state index is 0.227. The molecule has 152 valence electrons. The maximum Gasteiger partial charge on any atom is 0.379 e. The van der Waals surface area contributed by atoms with Gasteiger partial charge >= 0.3 is 13.6 Å². The first kappa shape index (κ1) is 21.9. The highest BCUT2D eigenvalue weighted by Gasteiger charge is 2.31. The number of ether oxygens (including phenoxy) is 2. The van der Waals surface area contributed by atoms with Crippen LogP contribution in [-0.4, -0.2) is 56.0 Å². The fourth-order valence-corrected chi connectivity index (χ4v) is 4.61. The molecule has 1 fully saturated rings. The van der Waals surface area contributed by atoms with Crippen LogP contribution in [0.4, 0.5) is 0 Å². The largest absolute Gasteiger partial charge is 0.464 e. The second-order valence-corrected chi connectivity index (χ2v) is 8.52. The Morgan fingerprint density at radius 1 is 1.30 bits per heavy atom. The molecule has 2 rings (SSSR count). The minimum atomic E-state index is -3.47. The molecule has 1 saturated heterocycles. The molecule has 0 bridgehead atoms. The first-order valence-electron chi connectivity index (χ1n) is 9.48. The van der Waals surface area contributed by atoms with Gasteiger partial charge in [-0.05, 0) is 38.0 Å². The second kappa shape index (κ2) is 10.8. The van der Waals surface area contributed by atoms with Gasteiger partial charge in [0.15, 0.2) is 6.10 Å². The normalized spacial score (nSPS) is 18.5. The zero-order chi connectivity index (χ0) is 19.7. The second-order valence-electron chi connectivity index (χ2n) is 6.46. The monoisotopic (exact) mass is 399 g/mol. The Hall–Kier alpha value is -1.40. The van der Waals surface area contributed by atoms with Crippen LogP contribution in [0.3, 0.4) is 0 Å². The molecule has 2 unspecified atom stereocenters. The third kappa shape index (κ3) is 7.26. The maximum absolute atomic E-state index is 13.1. The van der Waals surface area contributed by atoms with Crippen LogP contribution < -0.4 is 4.52 Å². The van der Waals surface area contributed by atoms with Gasteiger partial charge in [0.2, 0.25) is 0 Å². The molecule has 2 atom stereocenters. The van der Waals surface area contributed by atoms with Crippen molar-refractivity contribution in [2.75, 3.05) is 39.1 Å². The van der Waals surface area contributed by atoms with E-state index in [1.54, 1.807) is 13.0 Å². The SMILES string of the molecule is CCCP(=O)(Oc1cccc(CN2CCOCC2)c1)OC(C)C(=O)OCC. The van der Waals surface area contributed by atoms with Gasteiger partial charge in [-0.3, -0.25) is 9.42 Å². The van der Waals surface area contributed by atoms with Gasteiger partial charge in [-0.2, -0.15) is 0 Å². The summed E-state index contributed by atoms with van der Waals surface area (Å²) in [6, 6.07) is 7.50. The summed E-state index contributed by atoms with van der Waals surface area (Å²) in [6.07, 6.45) is -0.107.